The molecule has 1 aromatic rings. The van der Waals surface area contributed by atoms with Crippen LogP contribution in [-0.4, -0.2) is 20.9 Å². The third kappa shape index (κ3) is 1.31. The van der Waals surface area contributed by atoms with Gasteiger partial charge in [-0.25, -0.2) is 4.68 Å². The van der Waals surface area contributed by atoms with Gasteiger partial charge in [-0.05, 0) is 0 Å². The van der Waals surface area contributed by atoms with Crippen LogP contribution < -0.4 is 5.32 Å². The Labute approximate surface area is 58.0 Å². The van der Waals surface area contributed by atoms with Crippen molar-refractivity contribution >= 4 is 11.7 Å². The second-order valence-corrected chi connectivity index (χ2v) is 1.92. The van der Waals surface area contributed by atoms with Crippen LogP contribution in [0, 0.1) is 0 Å². The summed E-state index contributed by atoms with van der Waals surface area (Å²) in [7, 11) is 1.71. The number of hydrogen-bond donors (Lipinski definition) is 1. The molecule has 10 heavy (non-hydrogen) atoms. The summed E-state index contributed by atoms with van der Waals surface area (Å²) in [4.78, 5) is 10.5. The fraction of sp³-hybridized carbons (Fsp3) is 0.400. The fourth-order valence-corrected chi connectivity index (χ4v) is 0.583. The summed E-state index contributed by atoms with van der Waals surface area (Å²) in [5.74, 6) is 0.484. The Morgan fingerprint density at radius 1 is 1.80 bits per heavy atom. The fourth-order valence-electron chi connectivity index (χ4n) is 0.583. The maximum Gasteiger partial charge on any atom is 0.222 e. The number of nitrogens with zero attached hydrogens (tertiary/aromatic N) is 3. The molecule has 0 aromatic carbocycles. The minimum atomic E-state index is -0.120. The van der Waals surface area contributed by atoms with E-state index in [1.807, 2.05) is 0 Å². The lowest BCUT2D eigenvalue weighted by molar-refractivity contribution is -0.114. The molecular formula is C5H8N4O. The van der Waals surface area contributed by atoms with Crippen LogP contribution in [0.2, 0.25) is 0 Å². The number of rotatable bonds is 1. The number of aromatic nitrogens is 3. The lowest BCUT2D eigenvalue weighted by atomic mass is 10.6. The molecule has 0 bridgehead atoms. The Morgan fingerprint density at radius 2 is 2.50 bits per heavy atom. The Kier molecular flexibility index (Phi) is 1.66. The second-order valence-electron chi connectivity index (χ2n) is 1.92. The average molecular weight is 140 g/mol. The zero-order chi connectivity index (χ0) is 7.56. The van der Waals surface area contributed by atoms with Gasteiger partial charge in [-0.3, -0.25) is 4.79 Å². The molecule has 1 amide bonds. The number of hydrogen-bond acceptors (Lipinski definition) is 3. The summed E-state index contributed by atoms with van der Waals surface area (Å²) < 4.78 is 1.49. The molecule has 0 unspecified atom stereocenters. The highest BCUT2D eigenvalue weighted by Crippen LogP contribution is 1.98. The molecule has 0 saturated carbocycles. The first-order chi connectivity index (χ1) is 4.70. The minimum absolute atomic E-state index is 0.120. The summed E-state index contributed by atoms with van der Waals surface area (Å²) in [6.07, 6.45) is 1.49. The zero-order valence-corrected chi connectivity index (χ0v) is 5.83. The van der Waals surface area contributed by atoms with Gasteiger partial charge >= 0.3 is 0 Å². The molecule has 5 heteroatoms. The zero-order valence-electron chi connectivity index (χ0n) is 5.83. The Bertz CT molecular complexity index is 242. The molecule has 1 heterocycles. The summed E-state index contributed by atoms with van der Waals surface area (Å²) in [6, 6.07) is 0. The molecular weight excluding hydrogens is 132 g/mol. The van der Waals surface area contributed by atoms with Crippen LogP contribution in [-0.2, 0) is 11.8 Å². The van der Waals surface area contributed by atoms with Crippen molar-refractivity contribution in [2.75, 3.05) is 5.32 Å². The van der Waals surface area contributed by atoms with E-state index in [0.29, 0.717) is 5.82 Å². The van der Waals surface area contributed by atoms with Crippen molar-refractivity contribution in [2.45, 2.75) is 6.92 Å². The van der Waals surface area contributed by atoms with Crippen LogP contribution >= 0.6 is 0 Å². The first-order valence-corrected chi connectivity index (χ1v) is 2.82. The van der Waals surface area contributed by atoms with E-state index in [9.17, 15) is 4.79 Å². The van der Waals surface area contributed by atoms with Crippen molar-refractivity contribution in [3.63, 3.8) is 0 Å². The molecule has 54 valence electrons. The molecule has 5 nitrogen and oxygen atoms in total. The van der Waals surface area contributed by atoms with Gasteiger partial charge in [-0.15, -0.1) is 5.10 Å². The first kappa shape index (κ1) is 6.73. The van der Waals surface area contributed by atoms with Gasteiger partial charge < -0.3 is 5.32 Å². The number of anilines is 1. The van der Waals surface area contributed by atoms with E-state index < -0.39 is 0 Å². The highest BCUT2D eigenvalue weighted by Gasteiger charge is 1.98. The van der Waals surface area contributed by atoms with Crippen LogP contribution in [0.1, 0.15) is 6.92 Å². The molecule has 1 aromatic heterocycles. The van der Waals surface area contributed by atoms with Gasteiger partial charge in [-0.2, -0.15) is 0 Å². The van der Waals surface area contributed by atoms with Gasteiger partial charge in [0, 0.05) is 14.0 Å². The maximum atomic E-state index is 10.5. The molecule has 1 rings (SSSR count). The van der Waals surface area contributed by atoms with Gasteiger partial charge in [0.1, 0.15) is 0 Å². The number of nitrogens with one attached hydrogen (secondary N) is 1. The van der Waals surface area contributed by atoms with E-state index in [-0.39, 0.29) is 5.91 Å². The van der Waals surface area contributed by atoms with E-state index in [1.54, 1.807) is 7.05 Å². The third-order valence-corrected chi connectivity index (χ3v) is 1.02. The smallest absolute Gasteiger partial charge is 0.222 e. The summed E-state index contributed by atoms with van der Waals surface area (Å²) in [5, 5.41) is 9.75. The standard InChI is InChI=1S/C5H8N4O/c1-4(10)7-5-3-6-8-9(5)2/h3H,1-2H3,(H,7,10). The number of carbonyl (C=O) groups is 1. The van der Waals surface area contributed by atoms with Crippen molar-refractivity contribution in [1.29, 1.82) is 0 Å². The largest absolute Gasteiger partial charge is 0.310 e. The molecule has 0 aliphatic heterocycles. The first-order valence-electron chi connectivity index (χ1n) is 2.82. The van der Waals surface area contributed by atoms with Crippen molar-refractivity contribution in [2.24, 2.45) is 7.05 Å². The average Bonchev–Trinajstić information content (AvgIpc) is 2.15. The topological polar surface area (TPSA) is 59.8 Å². The van der Waals surface area contributed by atoms with E-state index in [1.165, 1.54) is 17.8 Å². The second kappa shape index (κ2) is 2.47. The van der Waals surface area contributed by atoms with Crippen molar-refractivity contribution in [1.82, 2.24) is 15.0 Å². The summed E-state index contributed by atoms with van der Waals surface area (Å²) in [5.41, 5.74) is 0. The molecule has 0 spiro atoms. The number of amides is 1. The highest BCUT2D eigenvalue weighted by molar-refractivity contribution is 5.87. The van der Waals surface area contributed by atoms with E-state index >= 15 is 0 Å². The summed E-state index contributed by atoms with van der Waals surface area (Å²) >= 11 is 0. The summed E-state index contributed by atoms with van der Waals surface area (Å²) in [6.45, 7) is 1.44. The SMILES string of the molecule is CC(=O)Nc1cnnn1C. The molecule has 0 atom stereocenters. The lowest BCUT2D eigenvalue weighted by Crippen LogP contribution is -2.09. The van der Waals surface area contributed by atoms with Gasteiger partial charge in [0.05, 0.1) is 6.20 Å². The van der Waals surface area contributed by atoms with Crippen LogP contribution in [0.25, 0.3) is 0 Å². The minimum Gasteiger partial charge on any atom is -0.310 e. The number of carbonyl (C=O) groups excluding carboxylic acids is 1. The molecule has 0 aliphatic carbocycles. The Hall–Kier alpha value is -1.39. The van der Waals surface area contributed by atoms with E-state index in [4.69, 9.17) is 0 Å². The Morgan fingerprint density at radius 3 is 2.90 bits per heavy atom. The Balaban J connectivity index is 2.74. The molecule has 0 fully saturated rings. The van der Waals surface area contributed by atoms with Crippen molar-refractivity contribution in [3.8, 4) is 0 Å². The van der Waals surface area contributed by atoms with Crippen LogP contribution in [0.3, 0.4) is 0 Å². The molecule has 0 aliphatic rings. The molecule has 0 radical (unpaired) electrons. The van der Waals surface area contributed by atoms with Gasteiger partial charge in [0.2, 0.25) is 5.91 Å². The van der Waals surface area contributed by atoms with Crippen molar-refractivity contribution in [3.05, 3.63) is 6.20 Å². The highest BCUT2D eigenvalue weighted by atomic mass is 16.1. The van der Waals surface area contributed by atoms with Gasteiger partial charge in [0.25, 0.3) is 0 Å². The van der Waals surface area contributed by atoms with Crippen LogP contribution in [0.4, 0.5) is 5.82 Å². The van der Waals surface area contributed by atoms with Crippen molar-refractivity contribution < 1.29 is 4.79 Å². The predicted molar refractivity (Wildman–Crippen MR) is 35.3 cm³/mol. The lowest BCUT2D eigenvalue weighted by Gasteiger charge is -1.97. The molecule has 1 N–H and O–H groups in total. The monoisotopic (exact) mass is 140 g/mol. The maximum absolute atomic E-state index is 10.5. The molecule has 0 saturated heterocycles. The third-order valence-electron chi connectivity index (χ3n) is 1.02. The van der Waals surface area contributed by atoms with E-state index in [0.717, 1.165) is 0 Å². The van der Waals surface area contributed by atoms with Gasteiger partial charge in [0.15, 0.2) is 5.82 Å². The normalized spacial score (nSPS) is 9.40. The quantitative estimate of drug-likeness (QED) is 0.586. The van der Waals surface area contributed by atoms with Crippen LogP contribution in [0.15, 0.2) is 6.20 Å². The van der Waals surface area contributed by atoms with Crippen LogP contribution in [0.5, 0.6) is 0 Å². The van der Waals surface area contributed by atoms with E-state index in [2.05, 4.69) is 15.6 Å². The van der Waals surface area contributed by atoms with Gasteiger partial charge in [-0.1, -0.05) is 5.21 Å². The number of aryl methyl sites for hydroxylation is 1. The predicted octanol–water partition coefficient (Wildman–Crippen LogP) is -0.227.